The van der Waals surface area contributed by atoms with Crippen LogP contribution >= 0.6 is 0 Å². The van der Waals surface area contributed by atoms with Gasteiger partial charge in [0.1, 0.15) is 5.82 Å². The molecule has 0 bridgehead atoms. The first-order valence-corrected chi connectivity index (χ1v) is 9.90. The number of nitrogens with one attached hydrogen (secondary N) is 1. The minimum Gasteiger partial charge on any atom is -0.392 e. The molecular formula is C21H24N6O. The summed E-state index contributed by atoms with van der Waals surface area (Å²) in [5.41, 5.74) is 2.91. The average Bonchev–Trinajstić information content (AvgIpc) is 3.21. The third-order valence-corrected chi connectivity index (χ3v) is 6.23. The largest absolute Gasteiger partial charge is 0.392 e. The summed E-state index contributed by atoms with van der Waals surface area (Å²) in [7, 11) is 0. The van der Waals surface area contributed by atoms with Crippen molar-refractivity contribution in [3.8, 4) is 11.4 Å². The van der Waals surface area contributed by atoms with E-state index in [1.165, 1.54) is 6.42 Å². The summed E-state index contributed by atoms with van der Waals surface area (Å²) < 4.78 is 0. The molecule has 0 amide bonds. The lowest BCUT2D eigenvalue weighted by atomic mass is 9.78. The van der Waals surface area contributed by atoms with Gasteiger partial charge >= 0.3 is 0 Å². The molecular weight excluding hydrogens is 352 g/mol. The van der Waals surface area contributed by atoms with Gasteiger partial charge in [-0.05, 0) is 43.4 Å². The number of aliphatic hydroxyl groups is 1. The highest BCUT2D eigenvalue weighted by Crippen LogP contribution is 2.39. The van der Waals surface area contributed by atoms with E-state index in [9.17, 15) is 5.11 Å². The first-order valence-electron chi connectivity index (χ1n) is 9.90. The van der Waals surface area contributed by atoms with E-state index in [0.29, 0.717) is 11.2 Å². The Balaban J connectivity index is 1.59. The summed E-state index contributed by atoms with van der Waals surface area (Å²) >= 11 is 0. The summed E-state index contributed by atoms with van der Waals surface area (Å²) in [5.74, 6) is 1.58. The van der Waals surface area contributed by atoms with Gasteiger partial charge in [-0.1, -0.05) is 0 Å². The van der Waals surface area contributed by atoms with Gasteiger partial charge in [0.15, 0.2) is 5.82 Å². The van der Waals surface area contributed by atoms with E-state index in [1.54, 1.807) is 24.8 Å². The van der Waals surface area contributed by atoms with Crippen LogP contribution in [0, 0.1) is 5.41 Å². The number of nitrogens with zero attached hydrogens (tertiary/aromatic N) is 5. The second kappa shape index (κ2) is 7.07. The highest BCUT2D eigenvalue weighted by atomic mass is 16.3. The Morgan fingerprint density at radius 1 is 1.04 bits per heavy atom. The quantitative estimate of drug-likeness (QED) is 0.724. The number of pyridine rings is 2. The molecule has 28 heavy (non-hydrogen) atoms. The fourth-order valence-electron chi connectivity index (χ4n) is 4.52. The molecule has 3 aromatic heterocycles. The van der Waals surface area contributed by atoms with Gasteiger partial charge in [0.05, 0.1) is 23.7 Å². The van der Waals surface area contributed by atoms with E-state index < -0.39 is 0 Å². The molecule has 2 N–H and O–H groups in total. The van der Waals surface area contributed by atoms with Gasteiger partial charge in [-0.2, -0.15) is 0 Å². The second-order valence-corrected chi connectivity index (χ2v) is 7.87. The molecule has 3 aromatic rings. The van der Waals surface area contributed by atoms with Crippen LogP contribution < -0.4 is 10.2 Å². The zero-order valence-electron chi connectivity index (χ0n) is 15.8. The maximum atomic E-state index is 9.88. The predicted molar refractivity (Wildman–Crippen MR) is 108 cm³/mol. The van der Waals surface area contributed by atoms with E-state index in [0.717, 1.165) is 66.9 Å². The molecule has 144 valence electrons. The molecule has 0 atom stereocenters. The summed E-state index contributed by atoms with van der Waals surface area (Å²) in [4.78, 5) is 20.4. The number of hydrogen-bond donors (Lipinski definition) is 2. The molecule has 2 aliphatic heterocycles. The summed E-state index contributed by atoms with van der Waals surface area (Å²) in [5, 5.41) is 14.3. The predicted octanol–water partition coefficient (Wildman–Crippen LogP) is 2.16. The highest BCUT2D eigenvalue weighted by Gasteiger charge is 2.37. The fourth-order valence-corrected chi connectivity index (χ4v) is 4.52. The van der Waals surface area contributed by atoms with E-state index in [-0.39, 0.29) is 6.61 Å². The zero-order chi connectivity index (χ0) is 19.0. The second-order valence-electron chi connectivity index (χ2n) is 7.87. The van der Waals surface area contributed by atoms with Crippen molar-refractivity contribution in [1.82, 2.24) is 25.3 Å². The molecule has 0 saturated carbocycles. The number of hydrogen-bond acceptors (Lipinski definition) is 7. The third-order valence-electron chi connectivity index (χ3n) is 6.23. The lowest BCUT2D eigenvalue weighted by Gasteiger charge is -2.39. The number of anilines is 1. The molecule has 5 rings (SSSR count). The molecule has 0 radical (unpaired) electrons. The van der Waals surface area contributed by atoms with E-state index in [1.807, 2.05) is 12.1 Å². The van der Waals surface area contributed by atoms with Crippen LogP contribution in [0.2, 0.25) is 0 Å². The third kappa shape index (κ3) is 3.00. The van der Waals surface area contributed by atoms with Crippen LogP contribution in [-0.4, -0.2) is 51.2 Å². The van der Waals surface area contributed by atoms with Crippen LogP contribution in [0.25, 0.3) is 22.3 Å². The van der Waals surface area contributed by atoms with Gasteiger partial charge in [0.2, 0.25) is 0 Å². The Morgan fingerprint density at radius 3 is 2.57 bits per heavy atom. The van der Waals surface area contributed by atoms with Gasteiger partial charge < -0.3 is 15.3 Å². The molecule has 5 heterocycles. The van der Waals surface area contributed by atoms with Gasteiger partial charge in [-0.3, -0.25) is 9.97 Å². The Kier molecular flexibility index (Phi) is 4.41. The first-order chi connectivity index (χ1) is 13.8. The number of aromatic nitrogens is 4. The maximum absolute atomic E-state index is 9.88. The van der Waals surface area contributed by atoms with Crippen LogP contribution in [0.15, 0.2) is 36.9 Å². The normalized spacial score (nSPS) is 18.8. The van der Waals surface area contributed by atoms with Crippen molar-refractivity contribution >= 4 is 16.7 Å². The van der Waals surface area contributed by atoms with Crippen molar-refractivity contribution in [3.63, 3.8) is 0 Å². The van der Waals surface area contributed by atoms with Crippen LogP contribution in [-0.2, 0) is 6.61 Å². The van der Waals surface area contributed by atoms with Crippen LogP contribution in [0.1, 0.15) is 24.8 Å². The summed E-state index contributed by atoms with van der Waals surface area (Å²) in [6, 6.07) is 3.84. The summed E-state index contributed by atoms with van der Waals surface area (Å²) in [6.45, 7) is 4.12. The van der Waals surface area contributed by atoms with Crippen molar-refractivity contribution in [3.05, 3.63) is 42.5 Å². The molecule has 0 aromatic carbocycles. The fraction of sp³-hybridized carbons (Fsp3) is 0.429. The minimum absolute atomic E-state index is 0.0724. The lowest BCUT2D eigenvalue weighted by molar-refractivity contribution is 0.247. The summed E-state index contributed by atoms with van der Waals surface area (Å²) in [6.07, 6.45) is 10.6. The Hall–Kier alpha value is -2.64. The number of aliphatic hydroxyl groups excluding tert-OH is 1. The Morgan fingerprint density at radius 2 is 1.86 bits per heavy atom. The van der Waals surface area contributed by atoms with Gasteiger partial charge in [0.25, 0.3) is 0 Å². The molecule has 0 aliphatic carbocycles. The number of fused-ring (bicyclic) bond motifs is 1. The molecule has 2 fully saturated rings. The monoisotopic (exact) mass is 376 g/mol. The van der Waals surface area contributed by atoms with E-state index in [4.69, 9.17) is 9.97 Å². The molecule has 0 unspecified atom stereocenters. The average molecular weight is 376 g/mol. The Labute approximate surface area is 163 Å². The highest BCUT2D eigenvalue weighted by molar-refractivity contribution is 5.93. The smallest absolute Gasteiger partial charge is 0.162 e. The first kappa shape index (κ1) is 17.5. The van der Waals surface area contributed by atoms with Crippen LogP contribution in [0.4, 0.5) is 5.82 Å². The van der Waals surface area contributed by atoms with Gasteiger partial charge in [-0.15, -0.1) is 0 Å². The van der Waals surface area contributed by atoms with E-state index >= 15 is 0 Å². The molecule has 1 spiro atoms. The van der Waals surface area contributed by atoms with Crippen molar-refractivity contribution in [2.45, 2.75) is 25.9 Å². The van der Waals surface area contributed by atoms with Gasteiger partial charge in [0, 0.05) is 49.4 Å². The van der Waals surface area contributed by atoms with Crippen molar-refractivity contribution in [2.24, 2.45) is 5.41 Å². The SMILES string of the molecule is OCc1cncc2nc(-c3ccncc3)nc(N3CCC4(CCNC4)CC3)c12. The maximum Gasteiger partial charge on any atom is 0.162 e. The molecule has 7 heteroatoms. The number of rotatable bonds is 3. The van der Waals surface area contributed by atoms with E-state index in [2.05, 4.69) is 20.2 Å². The van der Waals surface area contributed by atoms with Gasteiger partial charge in [-0.25, -0.2) is 9.97 Å². The standard InChI is InChI=1S/C21H24N6O/c28-13-16-11-24-12-17-18(16)20(26-19(25-17)15-1-6-22-7-2-15)27-9-4-21(5-10-27)3-8-23-14-21/h1-2,6-7,11-12,23,28H,3-5,8-10,13-14H2. The van der Waals surface area contributed by atoms with Crippen LogP contribution in [0.3, 0.4) is 0 Å². The van der Waals surface area contributed by atoms with Crippen molar-refractivity contribution in [1.29, 1.82) is 0 Å². The molecule has 7 nitrogen and oxygen atoms in total. The van der Waals surface area contributed by atoms with Crippen molar-refractivity contribution in [2.75, 3.05) is 31.1 Å². The minimum atomic E-state index is -0.0724. The lowest BCUT2D eigenvalue weighted by Crippen LogP contribution is -2.41. The molecule has 2 saturated heterocycles. The number of piperidine rings is 1. The molecule has 2 aliphatic rings. The van der Waals surface area contributed by atoms with Crippen molar-refractivity contribution < 1.29 is 5.11 Å². The topological polar surface area (TPSA) is 87.1 Å². The zero-order valence-corrected chi connectivity index (χ0v) is 15.8. The van der Waals surface area contributed by atoms with Crippen LogP contribution in [0.5, 0.6) is 0 Å². The Bertz CT molecular complexity index is 977.